The molecular weight excluding hydrogens is 243 g/mol. The Kier molecular flexibility index (Phi) is 4.32. The molecule has 0 spiro atoms. The minimum absolute atomic E-state index is 0.0173. The van der Waals surface area contributed by atoms with Gasteiger partial charge in [0.1, 0.15) is 11.6 Å². The molecule has 2 aromatic rings. The van der Waals surface area contributed by atoms with E-state index in [2.05, 4.69) is 17.2 Å². The first-order valence-corrected chi connectivity index (χ1v) is 6.54. The number of nitrogens with zero attached hydrogens (tertiary/aromatic N) is 1. The number of nitrogens with one attached hydrogen (secondary N) is 1. The molecule has 1 aromatic carbocycles. The second-order valence-corrected chi connectivity index (χ2v) is 4.71. The SMILES string of the molecule is CCC(NC(C)c1ncc(C)o1)c1ccc(F)cc1. The second kappa shape index (κ2) is 5.97. The van der Waals surface area contributed by atoms with Crippen molar-refractivity contribution in [1.82, 2.24) is 10.3 Å². The molecule has 2 rings (SSSR count). The zero-order valence-corrected chi connectivity index (χ0v) is 11.5. The molecule has 2 atom stereocenters. The van der Waals surface area contributed by atoms with Gasteiger partial charge in [-0.2, -0.15) is 0 Å². The number of aryl methyl sites for hydroxylation is 1. The molecule has 0 radical (unpaired) electrons. The van der Waals surface area contributed by atoms with E-state index in [1.165, 1.54) is 12.1 Å². The van der Waals surface area contributed by atoms with E-state index in [1.54, 1.807) is 6.20 Å². The third-order valence-corrected chi connectivity index (χ3v) is 3.14. The second-order valence-electron chi connectivity index (χ2n) is 4.71. The van der Waals surface area contributed by atoms with Crippen molar-refractivity contribution in [2.75, 3.05) is 0 Å². The summed E-state index contributed by atoms with van der Waals surface area (Å²) < 4.78 is 18.5. The molecule has 0 aliphatic rings. The highest BCUT2D eigenvalue weighted by Crippen LogP contribution is 2.22. The largest absolute Gasteiger partial charge is 0.444 e. The van der Waals surface area contributed by atoms with Crippen LogP contribution in [0.4, 0.5) is 4.39 Å². The monoisotopic (exact) mass is 262 g/mol. The number of hydrogen-bond acceptors (Lipinski definition) is 3. The van der Waals surface area contributed by atoms with E-state index in [4.69, 9.17) is 4.42 Å². The van der Waals surface area contributed by atoms with Crippen LogP contribution in [0.1, 0.15) is 49.6 Å². The van der Waals surface area contributed by atoms with Crippen LogP contribution in [0.25, 0.3) is 0 Å². The van der Waals surface area contributed by atoms with Crippen LogP contribution < -0.4 is 5.32 Å². The molecule has 0 aliphatic carbocycles. The average molecular weight is 262 g/mol. The third-order valence-electron chi connectivity index (χ3n) is 3.14. The number of hydrogen-bond donors (Lipinski definition) is 1. The fourth-order valence-corrected chi connectivity index (χ4v) is 2.09. The van der Waals surface area contributed by atoms with Crippen LogP contribution in [0.2, 0.25) is 0 Å². The van der Waals surface area contributed by atoms with Gasteiger partial charge < -0.3 is 4.42 Å². The van der Waals surface area contributed by atoms with Crippen molar-refractivity contribution in [2.24, 2.45) is 0 Å². The van der Waals surface area contributed by atoms with Crippen molar-refractivity contribution in [1.29, 1.82) is 0 Å². The van der Waals surface area contributed by atoms with Gasteiger partial charge in [0.05, 0.1) is 12.2 Å². The van der Waals surface area contributed by atoms with Crippen LogP contribution in [0.5, 0.6) is 0 Å². The average Bonchev–Trinajstić information content (AvgIpc) is 2.84. The summed E-state index contributed by atoms with van der Waals surface area (Å²) in [5.74, 6) is 1.27. The summed E-state index contributed by atoms with van der Waals surface area (Å²) in [4.78, 5) is 4.22. The molecule has 0 saturated carbocycles. The number of rotatable bonds is 5. The molecule has 0 saturated heterocycles. The highest BCUT2D eigenvalue weighted by molar-refractivity contribution is 5.20. The van der Waals surface area contributed by atoms with E-state index in [1.807, 2.05) is 26.0 Å². The lowest BCUT2D eigenvalue weighted by molar-refractivity contribution is 0.367. The summed E-state index contributed by atoms with van der Waals surface area (Å²) in [6, 6.07) is 6.76. The molecular formula is C15H19FN2O. The van der Waals surface area contributed by atoms with Gasteiger partial charge in [0.15, 0.2) is 0 Å². The molecule has 19 heavy (non-hydrogen) atoms. The Balaban J connectivity index is 2.08. The number of oxazole rings is 1. The van der Waals surface area contributed by atoms with E-state index in [0.717, 1.165) is 17.7 Å². The van der Waals surface area contributed by atoms with E-state index >= 15 is 0 Å². The van der Waals surface area contributed by atoms with Gasteiger partial charge in [-0.15, -0.1) is 0 Å². The van der Waals surface area contributed by atoms with E-state index in [0.29, 0.717) is 5.89 Å². The Hall–Kier alpha value is -1.68. The summed E-state index contributed by atoms with van der Waals surface area (Å²) in [5, 5.41) is 3.45. The van der Waals surface area contributed by atoms with Crippen LogP contribution in [-0.2, 0) is 0 Å². The van der Waals surface area contributed by atoms with Crippen LogP contribution in [-0.4, -0.2) is 4.98 Å². The first kappa shape index (κ1) is 13.7. The lowest BCUT2D eigenvalue weighted by atomic mass is 10.0. The van der Waals surface area contributed by atoms with Crippen LogP contribution in [0, 0.1) is 12.7 Å². The zero-order valence-electron chi connectivity index (χ0n) is 11.5. The predicted molar refractivity (Wildman–Crippen MR) is 72.2 cm³/mol. The first-order valence-electron chi connectivity index (χ1n) is 6.54. The molecule has 102 valence electrons. The maximum atomic E-state index is 12.9. The van der Waals surface area contributed by atoms with Crippen molar-refractivity contribution in [3.63, 3.8) is 0 Å². The van der Waals surface area contributed by atoms with Gasteiger partial charge in [-0.3, -0.25) is 5.32 Å². The van der Waals surface area contributed by atoms with E-state index < -0.39 is 0 Å². The standard InChI is InChI=1S/C15H19FN2O/c1-4-14(12-5-7-13(16)8-6-12)18-11(3)15-17-9-10(2)19-15/h5-9,11,14,18H,4H2,1-3H3. The molecule has 4 heteroatoms. The van der Waals surface area contributed by atoms with Gasteiger partial charge in [-0.1, -0.05) is 19.1 Å². The lowest BCUT2D eigenvalue weighted by Gasteiger charge is -2.21. The Labute approximate surface area is 112 Å². The van der Waals surface area contributed by atoms with Crippen molar-refractivity contribution >= 4 is 0 Å². The fraction of sp³-hybridized carbons (Fsp3) is 0.400. The fourth-order valence-electron chi connectivity index (χ4n) is 2.09. The number of halogens is 1. The van der Waals surface area contributed by atoms with Gasteiger partial charge in [-0.25, -0.2) is 9.37 Å². The molecule has 0 bridgehead atoms. The smallest absolute Gasteiger partial charge is 0.211 e. The molecule has 2 unspecified atom stereocenters. The molecule has 1 aromatic heterocycles. The highest BCUT2D eigenvalue weighted by atomic mass is 19.1. The summed E-state index contributed by atoms with van der Waals surface area (Å²) in [7, 11) is 0. The topological polar surface area (TPSA) is 38.1 Å². The summed E-state index contributed by atoms with van der Waals surface area (Å²) in [6.45, 7) is 5.98. The Bertz CT molecular complexity index is 521. The van der Waals surface area contributed by atoms with Crippen LogP contribution in [0.15, 0.2) is 34.9 Å². The van der Waals surface area contributed by atoms with Crippen molar-refractivity contribution in [3.05, 3.63) is 53.5 Å². The maximum absolute atomic E-state index is 12.9. The van der Waals surface area contributed by atoms with Gasteiger partial charge >= 0.3 is 0 Å². The molecule has 0 fully saturated rings. The number of benzene rings is 1. The van der Waals surface area contributed by atoms with Crippen molar-refractivity contribution in [3.8, 4) is 0 Å². The normalized spacial score (nSPS) is 14.3. The Morgan fingerprint density at radius 1 is 1.32 bits per heavy atom. The predicted octanol–water partition coefficient (Wildman–Crippen LogP) is 3.92. The summed E-state index contributed by atoms with van der Waals surface area (Å²) in [5.41, 5.74) is 1.07. The Morgan fingerprint density at radius 2 is 2.00 bits per heavy atom. The van der Waals surface area contributed by atoms with Gasteiger partial charge in [0.25, 0.3) is 0 Å². The van der Waals surface area contributed by atoms with Crippen LogP contribution in [0.3, 0.4) is 0 Å². The Morgan fingerprint density at radius 3 is 2.53 bits per heavy atom. The summed E-state index contributed by atoms with van der Waals surface area (Å²) in [6.07, 6.45) is 2.63. The van der Waals surface area contributed by atoms with E-state index in [9.17, 15) is 4.39 Å². The summed E-state index contributed by atoms with van der Waals surface area (Å²) >= 11 is 0. The first-order chi connectivity index (χ1) is 9.10. The molecule has 0 amide bonds. The van der Waals surface area contributed by atoms with Gasteiger partial charge in [0, 0.05) is 6.04 Å². The third kappa shape index (κ3) is 3.41. The van der Waals surface area contributed by atoms with Crippen molar-refractivity contribution in [2.45, 2.75) is 39.3 Å². The van der Waals surface area contributed by atoms with Gasteiger partial charge in [-0.05, 0) is 38.0 Å². The molecule has 0 aliphatic heterocycles. The minimum atomic E-state index is -0.213. The maximum Gasteiger partial charge on any atom is 0.211 e. The highest BCUT2D eigenvalue weighted by Gasteiger charge is 2.17. The van der Waals surface area contributed by atoms with Gasteiger partial charge in [0.2, 0.25) is 5.89 Å². The molecule has 1 N–H and O–H groups in total. The zero-order chi connectivity index (χ0) is 13.8. The minimum Gasteiger partial charge on any atom is -0.444 e. The molecule has 3 nitrogen and oxygen atoms in total. The quantitative estimate of drug-likeness (QED) is 0.887. The van der Waals surface area contributed by atoms with Crippen molar-refractivity contribution < 1.29 is 8.81 Å². The van der Waals surface area contributed by atoms with E-state index in [-0.39, 0.29) is 17.9 Å². The lowest BCUT2D eigenvalue weighted by Crippen LogP contribution is -2.24. The van der Waals surface area contributed by atoms with Crippen LogP contribution >= 0.6 is 0 Å². The number of aromatic nitrogens is 1. The molecule has 1 heterocycles.